The maximum absolute atomic E-state index is 9.93. The number of hydrogen-bond acceptors (Lipinski definition) is 3. The van der Waals surface area contributed by atoms with Gasteiger partial charge in [0.05, 0.1) is 5.60 Å². The normalized spacial score (nSPS) is 15.7. The van der Waals surface area contributed by atoms with Gasteiger partial charge in [0, 0.05) is 6.04 Å². The molecule has 0 aliphatic rings. The summed E-state index contributed by atoms with van der Waals surface area (Å²) >= 11 is 0. The molecule has 0 heterocycles. The highest BCUT2D eigenvalue weighted by Crippen LogP contribution is 2.21. The number of benzene rings is 1. The second kappa shape index (κ2) is 8.28. The Morgan fingerprint density at radius 2 is 1.85 bits per heavy atom. The molecule has 0 fully saturated rings. The minimum Gasteiger partial charge on any atom is -0.491 e. The Bertz CT molecular complexity index is 373. The van der Waals surface area contributed by atoms with Gasteiger partial charge in [0.1, 0.15) is 12.4 Å². The van der Waals surface area contributed by atoms with Crippen LogP contribution < -0.4 is 10.1 Å². The molecular weight excluding hydrogens is 250 g/mol. The van der Waals surface area contributed by atoms with Crippen LogP contribution in [0.5, 0.6) is 5.75 Å². The lowest BCUT2D eigenvalue weighted by atomic mass is 10.0. The number of ether oxygens (including phenoxy) is 1. The molecule has 1 aromatic carbocycles. The van der Waals surface area contributed by atoms with Gasteiger partial charge in [0.25, 0.3) is 0 Å². The van der Waals surface area contributed by atoms with E-state index in [1.807, 2.05) is 19.1 Å². The summed E-state index contributed by atoms with van der Waals surface area (Å²) < 4.78 is 5.64. The van der Waals surface area contributed by atoms with E-state index < -0.39 is 5.60 Å². The zero-order valence-corrected chi connectivity index (χ0v) is 13.3. The summed E-state index contributed by atoms with van der Waals surface area (Å²) in [5.41, 5.74) is 0.531. The number of nitrogens with one attached hydrogen (secondary N) is 1. The fourth-order valence-corrected chi connectivity index (χ4v) is 1.95. The van der Waals surface area contributed by atoms with Gasteiger partial charge in [-0.2, -0.15) is 0 Å². The Balaban J connectivity index is 2.59. The topological polar surface area (TPSA) is 41.5 Å². The maximum Gasteiger partial charge on any atom is 0.119 e. The van der Waals surface area contributed by atoms with Gasteiger partial charge >= 0.3 is 0 Å². The molecule has 1 aromatic rings. The Hall–Kier alpha value is -1.06. The zero-order chi connectivity index (χ0) is 15.0. The molecule has 0 aromatic heterocycles. The highest BCUT2D eigenvalue weighted by Gasteiger charge is 2.18. The molecule has 0 saturated carbocycles. The van der Waals surface area contributed by atoms with Gasteiger partial charge in [-0.25, -0.2) is 0 Å². The average molecular weight is 279 g/mol. The fraction of sp³-hybridized carbons (Fsp3) is 0.647. The quantitative estimate of drug-likeness (QED) is 0.724. The van der Waals surface area contributed by atoms with E-state index in [1.54, 1.807) is 6.92 Å². The lowest BCUT2D eigenvalue weighted by Gasteiger charge is -2.22. The molecule has 0 aliphatic carbocycles. The maximum atomic E-state index is 9.93. The van der Waals surface area contributed by atoms with Crippen LogP contribution in [0, 0.1) is 0 Å². The van der Waals surface area contributed by atoms with Crippen LogP contribution in [-0.4, -0.2) is 23.9 Å². The molecule has 0 saturated heterocycles. The molecule has 1 rings (SSSR count). The van der Waals surface area contributed by atoms with E-state index >= 15 is 0 Å². The van der Waals surface area contributed by atoms with E-state index in [-0.39, 0.29) is 0 Å². The third kappa shape index (κ3) is 5.51. The Morgan fingerprint density at radius 3 is 2.35 bits per heavy atom. The SMILES string of the molecule is CCCNC(CC)c1ccc(OCC(C)(O)CC)cc1. The minimum absolute atomic E-state index is 0.328. The molecule has 20 heavy (non-hydrogen) atoms. The largest absolute Gasteiger partial charge is 0.491 e. The van der Waals surface area contributed by atoms with Crippen LogP contribution in [-0.2, 0) is 0 Å². The first kappa shape index (κ1) is 17.0. The number of rotatable bonds is 9. The highest BCUT2D eigenvalue weighted by molar-refractivity contribution is 5.29. The second-order valence-electron chi connectivity index (χ2n) is 5.62. The minimum atomic E-state index is -0.757. The van der Waals surface area contributed by atoms with E-state index in [4.69, 9.17) is 4.74 Å². The Morgan fingerprint density at radius 1 is 1.20 bits per heavy atom. The van der Waals surface area contributed by atoms with Crippen LogP contribution in [0.25, 0.3) is 0 Å². The third-order valence-corrected chi connectivity index (χ3v) is 3.64. The van der Waals surface area contributed by atoms with E-state index in [0.717, 1.165) is 25.1 Å². The van der Waals surface area contributed by atoms with Crippen LogP contribution in [0.4, 0.5) is 0 Å². The lowest BCUT2D eigenvalue weighted by molar-refractivity contribution is 0.00846. The summed E-state index contributed by atoms with van der Waals surface area (Å²) in [5, 5.41) is 13.5. The number of hydrogen-bond donors (Lipinski definition) is 2. The van der Waals surface area contributed by atoms with E-state index in [2.05, 4.69) is 31.3 Å². The summed E-state index contributed by atoms with van der Waals surface area (Å²) in [4.78, 5) is 0. The van der Waals surface area contributed by atoms with E-state index in [9.17, 15) is 5.11 Å². The van der Waals surface area contributed by atoms with Crippen molar-refractivity contribution in [1.82, 2.24) is 5.32 Å². The lowest BCUT2D eigenvalue weighted by Crippen LogP contribution is -2.31. The van der Waals surface area contributed by atoms with Crippen LogP contribution >= 0.6 is 0 Å². The zero-order valence-electron chi connectivity index (χ0n) is 13.3. The first-order valence-corrected chi connectivity index (χ1v) is 7.71. The summed E-state index contributed by atoms with van der Waals surface area (Å²) in [6.45, 7) is 9.48. The van der Waals surface area contributed by atoms with Gasteiger partial charge in [0.15, 0.2) is 0 Å². The molecular formula is C17H29NO2. The smallest absolute Gasteiger partial charge is 0.119 e. The molecule has 0 bridgehead atoms. The highest BCUT2D eigenvalue weighted by atomic mass is 16.5. The van der Waals surface area contributed by atoms with Crippen molar-refractivity contribution >= 4 is 0 Å². The average Bonchev–Trinajstić information content (AvgIpc) is 2.47. The van der Waals surface area contributed by atoms with Crippen molar-refractivity contribution in [2.75, 3.05) is 13.2 Å². The van der Waals surface area contributed by atoms with Crippen molar-refractivity contribution in [3.8, 4) is 5.75 Å². The van der Waals surface area contributed by atoms with Crippen LogP contribution in [0.2, 0.25) is 0 Å². The Kier molecular flexibility index (Phi) is 7.03. The van der Waals surface area contributed by atoms with Crippen molar-refractivity contribution < 1.29 is 9.84 Å². The molecule has 0 amide bonds. The molecule has 2 unspecified atom stereocenters. The van der Waals surface area contributed by atoms with Gasteiger partial charge in [-0.05, 0) is 50.4 Å². The van der Waals surface area contributed by atoms with Gasteiger partial charge in [0.2, 0.25) is 0 Å². The monoisotopic (exact) mass is 279 g/mol. The summed E-state index contributed by atoms with van der Waals surface area (Å²) in [6, 6.07) is 8.58. The van der Waals surface area contributed by atoms with Crippen molar-refractivity contribution in [1.29, 1.82) is 0 Å². The van der Waals surface area contributed by atoms with Crippen LogP contribution in [0.15, 0.2) is 24.3 Å². The van der Waals surface area contributed by atoms with Gasteiger partial charge in [-0.1, -0.05) is 32.9 Å². The van der Waals surface area contributed by atoms with E-state index in [0.29, 0.717) is 19.1 Å². The molecule has 3 nitrogen and oxygen atoms in total. The molecule has 2 N–H and O–H groups in total. The third-order valence-electron chi connectivity index (χ3n) is 3.64. The van der Waals surface area contributed by atoms with Gasteiger partial charge in [-0.3, -0.25) is 0 Å². The van der Waals surface area contributed by atoms with Crippen molar-refractivity contribution in [2.45, 2.75) is 58.6 Å². The Labute approximate surface area is 123 Å². The van der Waals surface area contributed by atoms with Crippen molar-refractivity contribution in [2.24, 2.45) is 0 Å². The van der Waals surface area contributed by atoms with Crippen LogP contribution in [0.1, 0.15) is 58.6 Å². The van der Waals surface area contributed by atoms with Crippen molar-refractivity contribution in [3.05, 3.63) is 29.8 Å². The fourth-order valence-electron chi connectivity index (χ4n) is 1.95. The number of aliphatic hydroxyl groups is 1. The molecule has 0 spiro atoms. The summed E-state index contributed by atoms with van der Waals surface area (Å²) in [5.74, 6) is 0.813. The predicted octanol–water partition coefficient (Wildman–Crippen LogP) is 3.68. The summed E-state index contributed by atoms with van der Waals surface area (Å²) in [7, 11) is 0. The standard InChI is InChI=1S/C17H29NO2/c1-5-12-18-16(6-2)14-8-10-15(11-9-14)20-13-17(4,19)7-3/h8-11,16,18-19H,5-7,12-13H2,1-4H3. The van der Waals surface area contributed by atoms with Crippen molar-refractivity contribution in [3.63, 3.8) is 0 Å². The molecule has 0 radical (unpaired) electrons. The van der Waals surface area contributed by atoms with E-state index in [1.165, 1.54) is 5.56 Å². The predicted molar refractivity (Wildman–Crippen MR) is 84.2 cm³/mol. The first-order valence-electron chi connectivity index (χ1n) is 7.71. The molecule has 114 valence electrons. The molecule has 0 aliphatic heterocycles. The second-order valence-corrected chi connectivity index (χ2v) is 5.62. The summed E-state index contributed by atoms with van der Waals surface area (Å²) in [6.07, 6.45) is 2.90. The van der Waals surface area contributed by atoms with Gasteiger partial charge in [-0.15, -0.1) is 0 Å². The molecule has 2 atom stereocenters. The first-order chi connectivity index (χ1) is 9.52. The molecule has 3 heteroatoms. The van der Waals surface area contributed by atoms with Gasteiger partial charge < -0.3 is 15.2 Å². The van der Waals surface area contributed by atoms with Crippen LogP contribution in [0.3, 0.4) is 0 Å².